The highest BCUT2D eigenvalue weighted by molar-refractivity contribution is 7.17. The van der Waals surface area contributed by atoms with Gasteiger partial charge in [0.1, 0.15) is 10.8 Å². The fourth-order valence-corrected chi connectivity index (χ4v) is 5.29. The van der Waals surface area contributed by atoms with Crippen molar-refractivity contribution in [2.75, 3.05) is 12.4 Å². The Morgan fingerprint density at radius 2 is 1.79 bits per heavy atom. The number of hydrogen-bond acceptors (Lipinski definition) is 7. The third kappa shape index (κ3) is 5.20. The molecular weight excluding hydrogens is 454 g/mol. The number of amides is 1. The van der Waals surface area contributed by atoms with Gasteiger partial charge in [-0.2, -0.15) is 0 Å². The summed E-state index contributed by atoms with van der Waals surface area (Å²) in [4.78, 5) is 46.2. The number of nitrogens with one attached hydrogen (secondary N) is 2. The van der Waals surface area contributed by atoms with Crippen molar-refractivity contribution < 1.29 is 23.9 Å². The van der Waals surface area contributed by atoms with Crippen LogP contribution in [0.5, 0.6) is 0 Å². The van der Waals surface area contributed by atoms with Gasteiger partial charge in [-0.15, -0.1) is 11.3 Å². The zero-order chi connectivity index (χ0) is 24.1. The molecule has 1 aliphatic carbocycles. The standard InChI is InChI=1S/C25H27N3O5S/c1-15(33-24(30)17-11-9-16(10-12-17)21-26-13-14-27-21)22(29)28-23-20(25(31)32-2)18-7-5-3-4-6-8-19(18)34-23/h9-15H,3-8H2,1-2H3,(H,26,27)(H,28,29). The minimum absolute atomic E-state index is 0.323. The number of benzene rings is 1. The molecule has 0 saturated heterocycles. The summed E-state index contributed by atoms with van der Waals surface area (Å²) in [6.07, 6.45) is 8.29. The second kappa shape index (κ2) is 10.6. The fourth-order valence-electron chi connectivity index (χ4n) is 4.01. The van der Waals surface area contributed by atoms with E-state index in [1.54, 1.807) is 36.7 Å². The molecule has 1 amide bonds. The van der Waals surface area contributed by atoms with Gasteiger partial charge in [-0.25, -0.2) is 14.6 Å². The molecule has 3 aromatic rings. The maximum Gasteiger partial charge on any atom is 0.341 e. The van der Waals surface area contributed by atoms with E-state index in [0.29, 0.717) is 22.0 Å². The van der Waals surface area contributed by atoms with Crippen LogP contribution in [0.3, 0.4) is 0 Å². The number of ether oxygens (including phenoxy) is 2. The van der Waals surface area contributed by atoms with Crippen LogP contribution in [-0.4, -0.2) is 41.0 Å². The van der Waals surface area contributed by atoms with Crippen molar-refractivity contribution in [1.29, 1.82) is 0 Å². The van der Waals surface area contributed by atoms with Crippen molar-refractivity contribution >= 4 is 34.2 Å². The second-order valence-electron chi connectivity index (χ2n) is 8.17. The largest absolute Gasteiger partial charge is 0.465 e. The van der Waals surface area contributed by atoms with Crippen LogP contribution in [0.2, 0.25) is 0 Å². The number of fused-ring (bicyclic) bond motifs is 1. The first-order valence-corrected chi connectivity index (χ1v) is 12.1. The van der Waals surface area contributed by atoms with Crippen molar-refractivity contribution in [3.63, 3.8) is 0 Å². The number of thiophene rings is 1. The third-order valence-corrected chi connectivity index (χ3v) is 7.05. The molecule has 0 radical (unpaired) electrons. The number of rotatable bonds is 6. The number of aromatic amines is 1. The molecule has 0 saturated carbocycles. The lowest BCUT2D eigenvalue weighted by molar-refractivity contribution is -0.123. The highest BCUT2D eigenvalue weighted by atomic mass is 32.1. The van der Waals surface area contributed by atoms with Gasteiger partial charge < -0.3 is 19.8 Å². The number of hydrogen-bond donors (Lipinski definition) is 2. The predicted molar refractivity (Wildman–Crippen MR) is 129 cm³/mol. The Hall–Kier alpha value is -3.46. The highest BCUT2D eigenvalue weighted by Gasteiger charge is 2.28. The van der Waals surface area contributed by atoms with E-state index in [-0.39, 0.29) is 0 Å². The molecule has 0 bridgehead atoms. The summed E-state index contributed by atoms with van der Waals surface area (Å²) in [5.74, 6) is -0.881. The fraction of sp³-hybridized carbons (Fsp3) is 0.360. The van der Waals surface area contributed by atoms with E-state index < -0.39 is 23.9 Å². The van der Waals surface area contributed by atoms with E-state index >= 15 is 0 Å². The Morgan fingerprint density at radius 1 is 1.06 bits per heavy atom. The van der Waals surface area contributed by atoms with Crippen LogP contribution in [0.1, 0.15) is 63.8 Å². The number of aryl methyl sites for hydroxylation is 1. The molecule has 0 fully saturated rings. The van der Waals surface area contributed by atoms with E-state index in [0.717, 1.165) is 54.5 Å². The number of nitrogens with zero attached hydrogens (tertiary/aromatic N) is 1. The summed E-state index contributed by atoms with van der Waals surface area (Å²) >= 11 is 1.41. The first-order chi connectivity index (χ1) is 16.5. The number of carbonyl (C=O) groups is 3. The normalized spacial score (nSPS) is 14.3. The maximum atomic E-state index is 12.9. The third-order valence-electron chi connectivity index (χ3n) is 5.84. The topological polar surface area (TPSA) is 110 Å². The molecule has 1 atom stereocenters. The van der Waals surface area contributed by atoms with Crippen molar-refractivity contribution in [3.05, 3.63) is 58.2 Å². The van der Waals surface area contributed by atoms with E-state index in [4.69, 9.17) is 9.47 Å². The Labute approximate surface area is 201 Å². The van der Waals surface area contributed by atoms with Crippen LogP contribution >= 0.6 is 11.3 Å². The zero-order valence-electron chi connectivity index (χ0n) is 19.2. The van der Waals surface area contributed by atoms with E-state index in [9.17, 15) is 14.4 Å². The molecule has 0 spiro atoms. The molecule has 34 heavy (non-hydrogen) atoms. The summed E-state index contributed by atoms with van der Waals surface area (Å²) in [7, 11) is 1.34. The SMILES string of the molecule is COC(=O)c1c(NC(=O)C(C)OC(=O)c2ccc(-c3ncc[nH]3)cc2)sc2c1CCCCCC2. The molecule has 8 nitrogen and oxygen atoms in total. The number of methoxy groups -OCH3 is 1. The van der Waals surface area contributed by atoms with Gasteiger partial charge in [-0.1, -0.05) is 25.0 Å². The molecule has 2 N–H and O–H groups in total. The monoisotopic (exact) mass is 481 g/mol. The Kier molecular flexibility index (Phi) is 7.42. The average Bonchev–Trinajstić information content (AvgIpc) is 3.47. The number of aromatic nitrogens is 2. The molecule has 178 valence electrons. The first kappa shape index (κ1) is 23.7. The van der Waals surface area contributed by atoms with Gasteiger partial charge in [0.25, 0.3) is 5.91 Å². The number of carbonyl (C=O) groups excluding carboxylic acids is 3. The number of imidazole rings is 1. The molecule has 2 heterocycles. The minimum atomic E-state index is -1.05. The zero-order valence-corrected chi connectivity index (χ0v) is 20.0. The van der Waals surface area contributed by atoms with Gasteiger partial charge in [0.15, 0.2) is 6.10 Å². The Balaban J connectivity index is 1.45. The van der Waals surface area contributed by atoms with Crippen LogP contribution in [0, 0.1) is 0 Å². The summed E-state index contributed by atoms with van der Waals surface area (Å²) in [6, 6.07) is 6.76. The molecule has 1 aromatic carbocycles. The summed E-state index contributed by atoms with van der Waals surface area (Å²) in [5, 5.41) is 3.25. The smallest absolute Gasteiger partial charge is 0.341 e. The lowest BCUT2D eigenvalue weighted by Gasteiger charge is -2.14. The van der Waals surface area contributed by atoms with Crippen LogP contribution in [0.4, 0.5) is 5.00 Å². The van der Waals surface area contributed by atoms with Crippen molar-refractivity contribution in [1.82, 2.24) is 9.97 Å². The molecule has 1 aliphatic rings. The minimum Gasteiger partial charge on any atom is -0.465 e. The van der Waals surface area contributed by atoms with Gasteiger partial charge >= 0.3 is 11.9 Å². The maximum absolute atomic E-state index is 12.9. The molecular formula is C25H27N3O5S. The van der Waals surface area contributed by atoms with Gasteiger partial charge in [0.2, 0.25) is 0 Å². The van der Waals surface area contributed by atoms with Gasteiger partial charge in [0, 0.05) is 22.8 Å². The molecule has 2 aromatic heterocycles. The number of esters is 2. The van der Waals surface area contributed by atoms with Gasteiger partial charge in [-0.3, -0.25) is 4.79 Å². The predicted octanol–water partition coefficient (Wildman–Crippen LogP) is 4.77. The number of H-pyrrole nitrogens is 1. The first-order valence-electron chi connectivity index (χ1n) is 11.3. The quantitative estimate of drug-likeness (QED) is 0.491. The molecule has 1 unspecified atom stereocenters. The summed E-state index contributed by atoms with van der Waals surface area (Å²) in [6.45, 7) is 1.51. The van der Waals surface area contributed by atoms with Crippen LogP contribution in [-0.2, 0) is 27.1 Å². The van der Waals surface area contributed by atoms with Gasteiger partial charge in [-0.05, 0) is 50.3 Å². The lowest BCUT2D eigenvalue weighted by Crippen LogP contribution is -2.30. The molecule has 0 aliphatic heterocycles. The molecule has 4 rings (SSSR count). The van der Waals surface area contributed by atoms with Gasteiger partial charge in [0.05, 0.1) is 18.2 Å². The van der Waals surface area contributed by atoms with E-state index in [2.05, 4.69) is 15.3 Å². The second-order valence-corrected chi connectivity index (χ2v) is 9.27. The van der Waals surface area contributed by atoms with E-state index in [1.165, 1.54) is 25.4 Å². The van der Waals surface area contributed by atoms with Crippen LogP contribution in [0.25, 0.3) is 11.4 Å². The van der Waals surface area contributed by atoms with Crippen LogP contribution < -0.4 is 5.32 Å². The van der Waals surface area contributed by atoms with Crippen molar-refractivity contribution in [2.45, 2.75) is 51.6 Å². The van der Waals surface area contributed by atoms with Crippen molar-refractivity contribution in [2.24, 2.45) is 0 Å². The van der Waals surface area contributed by atoms with E-state index in [1.807, 2.05) is 0 Å². The van der Waals surface area contributed by atoms with Crippen molar-refractivity contribution in [3.8, 4) is 11.4 Å². The Bertz CT molecular complexity index is 1170. The van der Waals surface area contributed by atoms with Crippen LogP contribution in [0.15, 0.2) is 36.7 Å². The highest BCUT2D eigenvalue weighted by Crippen LogP contribution is 2.37. The summed E-state index contributed by atoms with van der Waals surface area (Å²) in [5.41, 5.74) is 2.54. The molecule has 9 heteroatoms. The number of anilines is 1. The average molecular weight is 482 g/mol. The summed E-state index contributed by atoms with van der Waals surface area (Å²) < 4.78 is 10.4. The Morgan fingerprint density at radius 3 is 2.47 bits per heavy atom. The lowest BCUT2D eigenvalue weighted by atomic mass is 9.96.